The van der Waals surface area contributed by atoms with Crippen molar-refractivity contribution >= 4 is 22.2 Å². The van der Waals surface area contributed by atoms with Gasteiger partial charge in [0.1, 0.15) is 17.5 Å². The fourth-order valence-corrected chi connectivity index (χ4v) is 4.44. The molecule has 188 valence electrons. The summed E-state index contributed by atoms with van der Waals surface area (Å²) < 4.78 is 12.6. The summed E-state index contributed by atoms with van der Waals surface area (Å²) in [6.45, 7) is 26.7. The summed E-state index contributed by atoms with van der Waals surface area (Å²) in [7, 11) is 0. The molecule has 0 fully saturated rings. The Morgan fingerprint density at radius 3 is 1.14 bits per heavy atom. The predicted octanol–water partition coefficient (Wildman–Crippen LogP) is 8.75. The molecule has 0 amide bonds. The van der Waals surface area contributed by atoms with Crippen LogP contribution in [0.2, 0.25) is 0 Å². The number of aromatic nitrogens is 2. The third-order valence-corrected chi connectivity index (χ3v) is 6.73. The largest absolute Gasteiger partial charge is 0.440 e. The van der Waals surface area contributed by atoms with E-state index in [-0.39, 0.29) is 21.7 Å². The van der Waals surface area contributed by atoms with Crippen molar-refractivity contribution in [3.05, 3.63) is 58.3 Å². The van der Waals surface area contributed by atoms with Crippen LogP contribution in [0.5, 0.6) is 0 Å². The molecule has 2 aromatic heterocycles. The van der Waals surface area contributed by atoms with Crippen LogP contribution in [0.25, 0.3) is 22.2 Å². The number of nitrogens with zero attached hydrogens (tertiary/aromatic N) is 2. The summed E-state index contributed by atoms with van der Waals surface area (Å²) in [5.41, 5.74) is 8.40. The molecule has 2 heterocycles. The number of rotatable bonds is 2. The zero-order chi connectivity index (χ0) is 26.1. The minimum atomic E-state index is -0.0454. The Hall–Kier alpha value is -2.62. The lowest BCUT2D eigenvalue weighted by molar-refractivity contribution is 0.487. The van der Waals surface area contributed by atoms with Gasteiger partial charge in [-0.2, -0.15) is 0 Å². The van der Waals surface area contributed by atoms with E-state index in [4.69, 9.17) is 18.8 Å². The van der Waals surface area contributed by atoms with Crippen LogP contribution in [0.15, 0.2) is 33.1 Å². The Morgan fingerprint density at radius 2 is 0.857 bits per heavy atom. The van der Waals surface area contributed by atoms with Crippen molar-refractivity contribution in [1.82, 2.24) is 9.97 Å². The molecule has 4 nitrogen and oxygen atoms in total. The maximum Gasteiger partial charge on any atom is 0.204 e. The summed E-state index contributed by atoms with van der Waals surface area (Å²) in [6, 6.07) is 8.86. The Bertz CT molecular complexity index is 1280. The first-order chi connectivity index (χ1) is 15.8. The molecule has 4 rings (SSSR count). The van der Waals surface area contributed by atoms with E-state index in [9.17, 15) is 0 Å². The molecule has 4 aromatic rings. The van der Waals surface area contributed by atoms with Gasteiger partial charge in [-0.3, -0.25) is 0 Å². The van der Waals surface area contributed by atoms with E-state index in [2.05, 4.69) is 107 Å². The monoisotopic (exact) mass is 474 g/mol. The maximum absolute atomic E-state index is 6.30. The molecular weight excluding hydrogens is 432 g/mol. The topological polar surface area (TPSA) is 52.1 Å². The van der Waals surface area contributed by atoms with E-state index in [1.54, 1.807) is 0 Å². The second-order valence-electron chi connectivity index (χ2n) is 14.1. The molecular formula is C31H42N2O2. The van der Waals surface area contributed by atoms with Crippen LogP contribution in [-0.2, 0) is 28.1 Å². The Morgan fingerprint density at radius 1 is 0.514 bits per heavy atom. The molecule has 0 aliphatic heterocycles. The maximum atomic E-state index is 6.30. The Labute approximate surface area is 210 Å². The number of oxazole rings is 2. The van der Waals surface area contributed by atoms with Crippen molar-refractivity contribution in [2.75, 3.05) is 0 Å². The second kappa shape index (κ2) is 7.94. The van der Waals surface area contributed by atoms with Gasteiger partial charge in [-0.05, 0) is 56.0 Å². The zero-order valence-corrected chi connectivity index (χ0v) is 23.7. The molecule has 0 spiro atoms. The van der Waals surface area contributed by atoms with Crippen molar-refractivity contribution in [3.8, 4) is 0 Å². The number of fused-ring (bicyclic) bond motifs is 2. The molecule has 0 aliphatic carbocycles. The normalized spacial score (nSPS) is 13.8. The van der Waals surface area contributed by atoms with Gasteiger partial charge >= 0.3 is 0 Å². The van der Waals surface area contributed by atoms with Crippen LogP contribution in [0.3, 0.4) is 0 Å². The van der Waals surface area contributed by atoms with E-state index < -0.39 is 0 Å². The molecule has 0 saturated heterocycles. The van der Waals surface area contributed by atoms with Crippen molar-refractivity contribution in [2.45, 2.75) is 111 Å². The molecule has 0 radical (unpaired) electrons. The number of benzene rings is 2. The van der Waals surface area contributed by atoms with Gasteiger partial charge in [-0.25, -0.2) is 9.97 Å². The van der Waals surface area contributed by atoms with Crippen LogP contribution in [0, 0.1) is 0 Å². The average molecular weight is 475 g/mol. The van der Waals surface area contributed by atoms with Crippen molar-refractivity contribution in [3.63, 3.8) is 0 Å². The summed E-state index contributed by atoms with van der Waals surface area (Å²) in [5, 5.41) is 0. The van der Waals surface area contributed by atoms with Gasteiger partial charge in [-0.1, -0.05) is 95.2 Å². The minimum absolute atomic E-state index is 0.0234. The highest BCUT2D eigenvalue weighted by molar-refractivity contribution is 5.80. The van der Waals surface area contributed by atoms with Crippen LogP contribution in [-0.4, -0.2) is 9.97 Å². The molecule has 4 heteroatoms. The molecule has 2 aromatic carbocycles. The Balaban J connectivity index is 1.83. The first-order valence-corrected chi connectivity index (χ1v) is 12.7. The highest BCUT2D eigenvalue weighted by Gasteiger charge is 2.27. The SMILES string of the molecule is CC(C)(C)c1cc(C(C)(C)C)c2nc(Cc3nc4c(C(C)(C)C)cc(C(C)(C)C)cc4o3)oc2c1. The molecule has 0 unspecified atom stereocenters. The van der Waals surface area contributed by atoms with Crippen LogP contribution < -0.4 is 0 Å². The number of hydrogen-bond donors (Lipinski definition) is 0. The molecule has 0 bridgehead atoms. The quantitative estimate of drug-likeness (QED) is 0.291. The summed E-state index contributed by atoms with van der Waals surface area (Å²) in [5.74, 6) is 1.27. The van der Waals surface area contributed by atoms with Crippen molar-refractivity contribution in [1.29, 1.82) is 0 Å². The first-order valence-electron chi connectivity index (χ1n) is 12.7. The minimum Gasteiger partial charge on any atom is -0.440 e. The average Bonchev–Trinajstić information content (AvgIpc) is 3.25. The third kappa shape index (κ3) is 5.03. The Kier molecular flexibility index (Phi) is 5.78. The van der Waals surface area contributed by atoms with Crippen LogP contribution in [0.1, 0.15) is 117 Å². The molecule has 0 atom stereocenters. The van der Waals surface area contributed by atoms with E-state index in [0.29, 0.717) is 18.2 Å². The summed E-state index contributed by atoms with van der Waals surface area (Å²) in [4.78, 5) is 9.86. The van der Waals surface area contributed by atoms with Gasteiger partial charge in [0.25, 0.3) is 0 Å². The van der Waals surface area contributed by atoms with Gasteiger partial charge in [0.15, 0.2) is 11.2 Å². The van der Waals surface area contributed by atoms with Gasteiger partial charge in [0.2, 0.25) is 11.8 Å². The lowest BCUT2D eigenvalue weighted by Gasteiger charge is -2.24. The van der Waals surface area contributed by atoms with E-state index in [0.717, 1.165) is 22.2 Å². The van der Waals surface area contributed by atoms with Crippen molar-refractivity contribution < 1.29 is 8.83 Å². The smallest absolute Gasteiger partial charge is 0.204 e. The van der Waals surface area contributed by atoms with Gasteiger partial charge < -0.3 is 8.83 Å². The zero-order valence-electron chi connectivity index (χ0n) is 23.7. The van der Waals surface area contributed by atoms with E-state index >= 15 is 0 Å². The lowest BCUT2D eigenvalue weighted by Crippen LogP contribution is -2.16. The van der Waals surface area contributed by atoms with Crippen molar-refractivity contribution in [2.24, 2.45) is 0 Å². The third-order valence-electron chi connectivity index (χ3n) is 6.73. The standard InChI is InChI=1S/C31H42N2O2/c1-28(2,3)18-13-20(30(7,8)9)26-22(15-18)34-24(32-26)17-25-33-27-21(31(10,11)12)14-19(29(4,5)6)16-23(27)35-25/h13-16H,17H2,1-12H3. The highest BCUT2D eigenvalue weighted by Crippen LogP contribution is 2.37. The highest BCUT2D eigenvalue weighted by atomic mass is 16.4. The van der Waals surface area contributed by atoms with E-state index in [1.807, 2.05) is 0 Å². The van der Waals surface area contributed by atoms with Gasteiger partial charge in [-0.15, -0.1) is 0 Å². The van der Waals surface area contributed by atoms with Gasteiger partial charge in [0.05, 0.1) is 0 Å². The summed E-state index contributed by atoms with van der Waals surface area (Å²) >= 11 is 0. The molecule has 0 N–H and O–H groups in total. The van der Waals surface area contributed by atoms with E-state index in [1.165, 1.54) is 22.3 Å². The fourth-order valence-electron chi connectivity index (χ4n) is 4.44. The predicted molar refractivity (Wildman–Crippen MR) is 146 cm³/mol. The fraction of sp³-hybridized carbons (Fsp3) is 0.548. The summed E-state index contributed by atoms with van der Waals surface area (Å²) in [6.07, 6.45) is 0.423. The van der Waals surface area contributed by atoms with Gasteiger partial charge in [0, 0.05) is 0 Å². The molecule has 35 heavy (non-hydrogen) atoms. The first kappa shape index (κ1) is 25.5. The van der Waals surface area contributed by atoms with Crippen LogP contribution >= 0.6 is 0 Å². The molecule has 0 saturated carbocycles. The molecule has 0 aliphatic rings. The number of hydrogen-bond acceptors (Lipinski definition) is 4. The van der Waals surface area contributed by atoms with Crippen LogP contribution in [0.4, 0.5) is 0 Å². The lowest BCUT2D eigenvalue weighted by atomic mass is 9.80. The second-order valence-corrected chi connectivity index (χ2v) is 14.1.